The Morgan fingerprint density at radius 3 is 2.56 bits per heavy atom. The smallest absolute Gasteiger partial charge is 0.251 e. The van der Waals surface area contributed by atoms with Gasteiger partial charge in [0.05, 0.1) is 0 Å². The fraction of sp³-hybridized carbons (Fsp3) is 0.182. The molecule has 3 aromatic rings. The minimum Gasteiger partial charge on any atom is -0.351 e. The van der Waals surface area contributed by atoms with Crippen molar-refractivity contribution in [1.29, 1.82) is 0 Å². The van der Waals surface area contributed by atoms with Gasteiger partial charge in [-0.2, -0.15) is 0 Å². The van der Waals surface area contributed by atoms with Crippen LogP contribution in [0.1, 0.15) is 28.9 Å². The van der Waals surface area contributed by atoms with Crippen molar-refractivity contribution in [2.75, 3.05) is 13.1 Å². The Morgan fingerprint density at radius 2 is 1.78 bits per heavy atom. The maximum atomic E-state index is 12.1. The summed E-state index contributed by atoms with van der Waals surface area (Å²) >= 11 is 3.38. The Labute approximate surface area is 168 Å². The van der Waals surface area contributed by atoms with Gasteiger partial charge < -0.3 is 10.6 Å². The fourth-order valence-electron chi connectivity index (χ4n) is 2.85. The number of nitrogens with one attached hydrogen (secondary N) is 2. The number of rotatable bonds is 7. The van der Waals surface area contributed by atoms with E-state index in [0.29, 0.717) is 18.7 Å². The number of amides is 1. The lowest BCUT2D eigenvalue weighted by atomic mass is 10.0. The Balaban J connectivity index is 1.51. The average molecular weight is 424 g/mol. The van der Waals surface area contributed by atoms with Crippen LogP contribution in [-0.2, 0) is 0 Å². The highest BCUT2D eigenvalue weighted by molar-refractivity contribution is 9.10. The second-order valence-corrected chi connectivity index (χ2v) is 7.22. The van der Waals surface area contributed by atoms with E-state index in [1.54, 1.807) is 18.5 Å². The molecule has 0 radical (unpaired) electrons. The zero-order chi connectivity index (χ0) is 19.1. The standard InChI is InChI=1S/C22H22BrN3O/c1-16(18-4-2-5-19(14-18)17-8-10-24-11-9-17)25-12-13-26-22(27)20-6-3-7-21(23)15-20/h2-11,14-16,25H,12-13H2,1H3,(H,26,27). The molecule has 2 aromatic carbocycles. The van der Waals surface area contributed by atoms with Crippen LogP contribution in [0.3, 0.4) is 0 Å². The highest BCUT2D eigenvalue weighted by Crippen LogP contribution is 2.22. The molecule has 0 bridgehead atoms. The minimum atomic E-state index is -0.0644. The number of pyridine rings is 1. The molecule has 0 aliphatic carbocycles. The van der Waals surface area contributed by atoms with E-state index in [1.807, 2.05) is 30.3 Å². The molecule has 3 rings (SSSR count). The molecule has 1 heterocycles. The van der Waals surface area contributed by atoms with E-state index in [-0.39, 0.29) is 11.9 Å². The second kappa shape index (κ2) is 9.44. The quantitative estimate of drug-likeness (QED) is 0.546. The summed E-state index contributed by atoms with van der Waals surface area (Å²) in [6, 6.07) is 20.1. The zero-order valence-corrected chi connectivity index (χ0v) is 16.7. The van der Waals surface area contributed by atoms with Crippen LogP contribution in [0, 0.1) is 0 Å². The van der Waals surface area contributed by atoms with Crippen molar-refractivity contribution in [3.8, 4) is 11.1 Å². The SMILES string of the molecule is CC(NCCNC(=O)c1cccc(Br)c1)c1cccc(-c2ccncc2)c1. The third-order valence-corrected chi connectivity index (χ3v) is 4.84. The van der Waals surface area contributed by atoms with Gasteiger partial charge in [-0.15, -0.1) is 0 Å². The Kier molecular flexibility index (Phi) is 6.74. The van der Waals surface area contributed by atoms with Crippen LogP contribution in [0.2, 0.25) is 0 Å². The first-order valence-electron chi connectivity index (χ1n) is 8.91. The Morgan fingerprint density at radius 1 is 1.00 bits per heavy atom. The maximum absolute atomic E-state index is 12.1. The monoisotopic (exact) mass is 423 g/mol. The first kappa shape index (κ1) is 19.3. The normalized spacial score (nSPS) is 11.8. The highest BCUT2D eigenvalue weighted by Gasteiger charge is 2.08. The number of carbonyl (C=O) groups excluding carboxylic acids is 1. The van der Waals surface area contributed by atoms with Gasteiger partial charge in [-0.1, -0.05) is 40.2 Å². The minimum absolute atomic E-state index is 0.0644. The molecule has 0 saturated heterocycles. The van der Waals surface area contributed by atoms with Crippen molar-refractivity contribution in [2.24, 2.45) is 0 Å². The largest absolute Gasteiger partial charge is 0.351 e. The first-order valence-corrected chi connectivity index (χ1v) is 9.70. The van der Waals surface area contributed by atoms with Gasteiger partial charge in [-0.05, 0) is 60.0 Å². The van der Waals surface area contributed by atoms with Crippen LogP contribution in [0.5, 0.6) is 0 Å². The van der Waals surface area contributed by atoms with Gasteiger partial charge in [-0.25, -0.2) is 0 Å². The Hall–Kier alpha value is -2.50. The van der Waals surface area contributed by atoms with E-state index >= 15 is 0 Å². The summed E-state index contributed by atoms with van der Waals surface area (Å²) in [6.07, 6.45) is 3.61. The number of hydrogen-bond acceptors (Lipinski definition) is 3. The first-order chi connectivity index (χ1) is 13.1. The topological polar surface area (TPSA) is 54.0 Å². The summed E-state index contributed by atoms with van der Waals surface area (Å²) in [7, 11) is 0. The molecule has 0 spiro atoms. The number of aromatic nitrogens is 1. The number of hydrogen-bond donors (Lipinski definition) is 2. The summed E-state index contributed by atoms with van der Waals surface area (Å²) in [5.74, 6) is -0.0644. The summed E-state index contributed by atoms with van der Waals surface area (Å²) in [5.41, 5.74) is 4.19. The van der Waals surface area contributed by atoms with Gasteiger partial charge in [0.15, 0.2) is 0 Å². The lowest BCUT2D eigenvalue weighted by molar-refractivity contribution is 0.0953. The predicted octanol–water partition coefficient (Wildman–Crippen LogP) is 4.59. The van der Waals surface area contributed by atoms with E-state index in [1.165, 1.54) is 11.1 Å². The van der Waals surface area contributed by atoms with E-state index in [0.717, 1.165) is 10.0 Å². The molecule has 1 unspecified atom stereocenters. The van der Waals surface area contributed by atoms with Crippen LogP contribution in [0.25, 0.3) is 11.1 Å². The van der Waals surface area contributed by atoms with Crippen LogP contribution in [-0.4, -0.2) is 24.0 Å². The van der Waals surface area contributed by atoms with Crippen molar-refractivity contribution in [2.45, 2.75) is 13.0 Å². The Bertz CT molecular complexity index is 899. The van der Waals surface area contributed by atoms with Crippen LogP contribution < -0.4 is 10.6 Å². The summed E-state index contributed by atoms with van der Waals surface area (Å²) in [5, 5.41) is 6.40. The number of carbonyl (C=O) groups is 1. The van der Waals surface area contributed by atoms with E-state index in [9.17, 15) is 4.79 Å². The van der Waals surface area contributed by atoms with E-state index in [4.69, 9.17) is 0 Å². The number of benzene rings is 2. The molecule has 4 nitrogen and oxygen atoms in total. The molecular weight excluding hydrogens is 402 g/mol. The van der Waals surface area contributed by atoms with Crippen molar-refractivity contribution < 1.29 is 4.79 Å². The van der Waals surface area contributed by atoms with E-state index in [2.05, 4.69) is 62.7 Å². The predicted molar refractivity (Wildman–Crippen MR) is 113 cm³/mol. The second-order valence-electron chi connectivity index (χ2n) is 6.30. The number of nitrogens with zero attached hydrogens (tertiary/aromatic N) is 1. The molecule has 1 amide bonds. The molecule has 0 aliphatic heterocycles. The third kappa shape index (κ3) is 5.49. The van der Waals surface area contributed by atoms with Crippen LogP contribution >= 0.6 is 15.9 Å². The summed E-state index contributed by atoms with van der Waals surface area (Å²) < 4.78 is 0.899. The van der Waals surface area contributed by atoms with Gasteiger partial charge in [0.1, 0.15) is 0 Å². The van der Waals surface area contributed by atoms with Gasteiger partial charge in [-0.3, -0.25) is 9.78 Å². The van der Waals surface area contributed by atoms with Crippen LogP contribution in [0.15, 0.2) is 77.5 Å². The van der Waals surface area contributed by atoms with Gasteiger partial charge in [0, 0.05) is 41.6 Å². The van der Waals surface area contributed by atoms with E-state index < -0.39 is 0 Å². The lowest BCUT2D eigenvalue weighted by Crippen LogP contribution is -2.32. The molecule has 138 valence electrons. The van der Waals surface area contributed by atoms with Crippen molar-refractivity contribution in [1.82, 2.24) is 15.6 Å². The molecule has 0 fully saturated rings. The van der Waals surface area contributed by atoms with Crippen molar-refractivity contribution >= 4 is 21.8 Å². The highest BCUT2D eigenvalue weighted by atomic mass is 79.9. The van der Waals surface area contributed by atoms with Gasteiger partial charge in [0.25, 0.3) is 5.91 Å². The lowest BCUT2D eigenvalue weighted by Gasteiger charge is -2.16. The van der Waals surface area contributed by atoms with Gasteiger partial charge in [0.2, 0.25) is 0 Å². The average Bonchev–Trinajstić information content (AvgIpc) is 2.71. The molecule has 0 aliphatic rings. The summed E-state index contributed by atoms with van der Waals surface area (Å²) in [6.45, 7) is 3.39. The molecule has 1 aromatic heterocycles. The molecule has 1 atom stereocenters. The van der Waals surface area contributed by atoms with Crippen molar-refractivity contribution in [3.05, 3.63) is 88.7 Å². The molecule has 0 saturated carbocycles. The van der Waals surface area contributed by atoms with Crippen LogP contribution in [0.4, 0.5) is 0 Å². The molecule has 5 heteroatoms. The molecule has 2 N–H and O–H groups in total. The summed E-state index contributed by atoms with van der Waals surface area (Å²) in [4.78, 5) is 16.2. The number of halogens is 1. The maximum Gasteiger partial charge on any atom is 0.251 e. The molecular formula is C22H22BrN3O. The van der Waals surface area contributed by atoms with Gasteiger partial charge >= 0.3 is 0 Å². The third-order valence-electron chi connectivity index (χ3n) is 4.35. The molecule has 27 heavy (non-hydrogen) atoms. The zero-order valence-electron chi connectivity index (χ0n) is 15.2. The fourth-order valence-corrected chi connectivity index (χ4v) is 3.25. The van der Waals surface area contributed by atoms with Crippen molar-refractivity contribution in [3.63, 3.8) is 0 Å².